The Hall–Kier alpha value is -2.05. The summed E-state index contributed by atoms with van der Waals surface area (Å²) in [5.74, 6) is 1.70. The highest BCUT2D eigenvalue weighted by Crippen LogP contribution is 2.70. The summed E-state index contributed by atoms with van der Waals surface area (Å²) in [5, 5.41) is 23.4. The van der Waals surface area contributed by atoms with E-state index in [9.17, 15) is 15.0 Å². The van der Waals surface area contributed by atoms with Gasteiger partial charge >= 0.3 is 0 Å². The highest BCUT2D eigenvalue weighted by atomic mass is 16.5. The maximum Gasteiger partial charge on any atom is 0.250 e. The Labute approximate surface area is 200 Å². The van der Waals surface area contributed by atoms with E-state index in [-0.39, 0.29) is 29.8 Å². The zero-order valence-corrected chi connectivity index (χ0v) is 19.9. The topological polar surface area (TPSA) is 73.0 Å². The largest absolute Gasteiger partial charge is 0.504 e. The molecule has 1 aromatic carbocycles. The minimum atomic E-state index is -0.882. The zero-order chi connectivity index (χ0) is 23.0. The number of carbonyl (C=O) groups is 1. The molecule has 0 radical (unpaired) electrons. The van der Waals surface area contributed by atoms with Crippen LogP contribution in [-0.2, 0) is 10.2 Å². The summed E-state index contributed by atoms with van der Waals surface area (Å²) in [6, 6.07) is 4.16. The van der Waals surface area contributed by atoms with Crippen LogP contribution >= 0.6 is 0 Å². The maximum atomic E-state index is 13.5. The molecule has 4 aliphatic carbocycles. The van der Waals surface area contributed by atoms with Crippen molar-refractivity contribution in [3.63, 3.8) is 0 Å². The predicted octanol–water partition coefficient (Wildman–Crippen LogP) is 3.17. The van der Waals surface area contributed by atoms with E-state index in [1.807, 2.05) is 6.07 Å². The van der Waals surface area contributed by atoms with Gasteiger partial charge in [0.2, 0.25) is 5.91 Å². The maximum absolute atomic E-state index is 13.5. The molecular weight excluding hydrogens is 428 g/mol. The molecular formula is C28H34N2O4. The lowest BCUT2D eigenvalue weighted by atomic mass is 9.57. The number of phenols is 1. The number of rotatable bonds is 3. The highest BCUT2D eigenvalue weighted by molar-refractivity contribution is 5.97. The minimum absolute atomic E-state index is 0.0704. The Kier molecular flexibility index (Phi) is 3.79. The molecule has 180 valence electrons. The zero-order valence-electron chi connectivity index (χ0n) is 19.9. The van der Waals surface area contributed by atoms with E-state index in [0.29, 0.717) is 18.2 Å². The van der Waals surface area contributed by atoms with Crippen LogP contribution in [0.3, 0.4) is 0 Å². The Morgan fingerprint density at radius 1 is 1.15 bits per heavy atom. The summed E-state index contributed by atoms with van der Waals surface area (Å²) in [6.07, 6.45) is 8.83. The van der Waals surface area contributed by atoms with Crippen molar-refractivity contribution in [2.45, 2.75) is 100.0 Å². The number of aliphatic hydroxyl groups is 1. The van der Waals surface area contributed by atoms with Crippen molar-refractivity contribution >= 4 is 5.91 Å². The monoisotopic (exact) mass is 462 g/mol. The van der Waals surface area contributed by atoms with Gasteiger partial charge in [-0.05, 0) is 87.8 Å². The molecule has 2 N–H and O–H groups in total. The smallest absolute Gasteiger partial charge is 0.250 e. The number of amides is 1. The van der Waals surface area contributed by atoms with Gasteiger partial charge in [-0.3, -0.25) is 9.69 Å². The van der Waals surface area contributed by atoms with E-state index in [1.54, 1.807) is 6.07 Å². The standard InChI is InChI=1S/C28H34N2O4/c1-15-6-9-21(31)23-22(15)27-12-20-24(29(20)13-16-7-8-16)28(27,33)11-10-19(25(27)34-23)30-14-17-4-2-3-5-18(17)26(30)32/h6,9,16,19-20,24-25,31,33H,2-5,7-8,10-14H2,1H3/t19?,20?,24-,25+,27+,28-,29?/m1/s1. The molecule has 3 saturated carbocycles. The molecule has 34 heavy (non-hydrogen) atoms. The average Bonchev–Trinajstić information content (AvgIpc) is 3.67. The summed E-state index contributed by atoms with van der Waals surface area (Å²) in [4.78, 5) is 18.2. The van der Waals surface area contributed by atoms with Crippen LogP contribution in [0.15, 0.2) is 23.3 Å². The number of hydrogen-bond donors (Lipinski definition) is 2. The van der Waals surface area contributed by atoms with E-state index in [1.165, 1.54) is 24.8 Å². The summed E-state index contributed by atoms with van der Waals surface area (Å²) in [5.41, 5.74) is 3.01. The molecule has 7 atom stereocenters. The summed E-state index contributed by atoms with van der Waals surface area (Å²) < 4.78 is 6.68. The second-order valence-electron chi connectivity index (χ2n) is 12.2. The van der Waals surface area contributed by atoms with Crippen molar-refractivity contribution in [2.24, 2.45) is 5.92 Å². The van der Waals surface area contributed by atoms with E-state index in [0.717, 1.165) is 67.8 Å². The summed E-state index contributed by atoms with van der Waals surface area (Å²) in [6.45, 7) is 3.90. The third-order valence-corrected chi connectivity index (χ3v) is 10.6. The van der Waals surface area contributed by atoms with Crippen LogP contribution in [0, 0.1) is 12.8 Å². The van der Waals surface area contributed by atoms with E-state index >= 15 is 0 Å². The third-order valence-electron chi connectivity index (χ3n) is 10.6. The van der Waals surface area contributed by atoms with Gasteiger partial charge in [0.1, 0.15) is 6.10 Å². The molecule has 0 bridgehead atoms. The van der Waals surface area contributed by atoms with Crippen LogP contribution in [0.25, 0.3) is 0 Å². The molecule has 8 rings (SSSR count). The van der Waals surface area contributed by atoms with Gasteiger partial charge < -0.3 is 19.8 Å². The lowest BCUT2D eigenvalue weighted by Gasteiger charge is -2.53. The van der Waals surface area contributed by atoms with Gasteiger partial charge in [0.25, 0.3) is 0 Å². The van der Waals surface area contributed by atoms with Crippen molar-refractivity contribution < 1.29 is 19.7 Å². The number of carbonyl (C=O) groups excluding carboxylic acids is 1. The van der Waals surface area contributed by atoms with E-state index in [4.69, 9.17) is 4.74 Å². The van der Waals surface area contributed by atoms with Gasteiger partial charge in [-0.15, -0.1) is 0 Å². The van der Waals surface area contributed by atoms with Crippen molar-refractivity contribution in [3.8, 4) is 11.5 Å². The third kappa shape index (κ3) is 2.28. The van der Waals surface area contributed by atoms with Gasteiger partial charge in [0, 0.05) is 30.3 Å². The first-order chi connectivity index (χ1) is 16.4. The molecule has 0 aromatic heterocycles. The number of likely N-dealkylation sites (tertiary alicyclic amines) is 1. The second kappa shape index (κ2) is 6.38. The molecule has 3 unspecified atom stereocenters. The minimum Gasteiger partial charge on any atom is -0.504 e. The van der Waals surface area contributed by atoms with Crippen LogP contribution in [0.2, 0.25) is 0 Å². The molecule has 1 saturated heterocycles. The SMILES string of the molecule is Cc1ccc(O)c2c1[C@]13CC4[C@@H](N4CC4CC4)[C@]1(O)CCC(N1CC4=C(CCCC4)C1=O)[C@@H]3O2. The van der Waals surface area contributed by atoms with Crippen LogP contribution < -0.4 is 4.74 Å². The number of piperidine rings is 1. The van der Waals surface area contributed by atoms with Crippen LogP contribution in [0.1, 0.15) is 68.9 Å². The van der Waals surface area contributed by atoms with Crippen LogP contribution in [0.4, 0.5) is 0 Å². The van der Waals surface area contributed by atoms with Crippen molar-refractivity contribution in [2.75, 3.05) is 13.1 Å². The number of hydrogen-bond acceptors (Lipinski definition) is 5. The number of aryl methyl sites for hydroxylation is 1. The van der Waals surface area contributed by atoms with Gasteiger partial charge in [-0.1, -0.05) is 6.07 Å². The van der Waals surface area contributed by atoms with Crippen molar-refractivity contribution in [1.82, 2.24) is 9.80 Å². The van der Waals surface area contributed by atoms with Gasteiger partial charge in [0.05, 0.1) is 23.1 Å². The Morgan fingerprint density at radius 3 is 2.76 bits per heavy atom. The number of nitrogens with zero attached hydrogens (tertiary/aromatic N) is 2. The Morgan fingerprint density at radius 2 is 1.97 bits per heavy atom. The van der Waals surface area contributed by atoms with Gasteiger partial charge in [0.15, 0.2) is 11.5 Å². The molecule has 6 heteroatoms. The fourth-order valence-corrected chi connectivity index (χ4v) is 8.90. The molecule has 3 heterocycles. The first-order valence-corrected chi connectivity index (χ1v) is 13.4. The van der Waals surface area contributed by atoms with Crippen LogP contribution in [-0.4, -0.2) is 68.8 Å². The number of phenolic OH excluding ortho intramolecular Hbond substituents is 1. The highest BCUT2D eigenvalue weighted by Gasteiger charge is 2.81. The first-order valence-electron chi connectivity index (χ1n) is 13.4. The van der Waals surface area contributed by atoms with Gasteiger partial charge in [-0.2, -0.15) is 0 Å². The molecule has 1 amide bonds. The number of fused-ring (bicyclic) bond motifs is 3. The summed E-state index contributed by atoms with van der Waals surface area (Å²) >= 11 is 0. The Bertz CT molecular complexity index is 1160. The molecule has 3 aliphatic heterocycles. The quantitative estimate of drug-likeness (QED) is 0.675. The Balaban J connectivity index is 1.22. The molecule has 7 aliphatic rings. The fourth-order valence-electron chi connectivity index (χ4n) is 8.90. The lowest BCUT2D eigenvalue weighted by Crippen LogP contribution is -2.68. The molecule has 4 fully saturated rings. The average molecular weight is 463 g/mol. The molecule has 6 nitrogen and oxygen atoms in total. The van der Waals surface area contributed by atoms with E-state index < -0.39 is 11.0 Å². The normalized spacial score (nSPS) is 43.8. The van der Waals surface area contributed by atoms with Crippen molar-refractivity contribution in [3.05, 3.63) is 34.4 Å². The number of benzene rings is 1. The lowest BCUT2D eigenvalue weighted by molar-refractivity contribution is -0.147. The van der Waals surface area contributed by atoms with Crippen molar-refractivity contribution in [1.29, 1.82) is 0 Å². The predicted molar refractivity (Wildman–Crippen MR) is 126 cm³/mol. The fraction of sp³-hybridized carbons (Fsp3) is 0.679. The number of aromatic hydroxyl groups is 1. The van der Waals surface area contributed by atoms with Gasteiger partial charge in [-0.25, -0.2) is 0 Å². The summed E-state index contributed by atoms with van der Waals surface area (Å²) in [7, 11) is 0. The van der Waals surface area contributed by atoms with Crippen LogP contribution in [0.5, 0.6) is 11.5 Å². The molecule has 1 spiro atoms. The molecule has 1 aromatic rings. The van der Waals surface area contributed by atoms with E-state index in [2.05, 4.69) is 16.7 Å². The second-order valence-corrected chi connectivity index (χ2v) is 12.2. The number of ether oxygens (including phenoxy) is 1. The first kappa shape index (κ1) is 20.2.